The maximum Gasteiger partial charge on any atom is 0.259 e. The lowest BCUT2D eigenvalue weighted by atomic mass is 10.5. The van der Waals surface area contributed by atoms with Crippen LogP contribution in [0.25, 0.3) is 0 Å². The number of nitrogens with zero attached hydrogens (tertiary/aromatic N) is 2. The Morgan fingerprint density at radius 1 is 1.60 bits per heavy atom. The summed E-state index contributed by atoms with van der Waals surface area (Å²) < 4.78 is 25.3. The van der Waals surface area contributed by atoms with Gasteiger partial charge in [0.2, 0.25) is 0 Å². The molecule has 0 amide bonds. The normalized spacial score (nSPS) is 12.2. The molecule has 5 nitrogen and oxygen atoms in total. The second-order valence-corrected chi connectivity index (χ2v) is 5.24. The molecule has 0 spiro atoms. The highest BCUT2D eigenvalue weighted by molar-refractivity contribution is 7.89. The van der Waals surface area contributed by atoms with Gasteiger partial charge in [0.15, 0.2) is 5.03 Å². The first-order chi connectivity index (χ1) is 7.12. The minimum Gasteiger partial charge on any atom is -0.266 e. The van der Waals surface area contributed by atoms with E-state index in [0.29, 0.717) is 25.4 Å². The molecule has 0 saturated heterocycles. The first kappa shape index (κ1) is 12.5. The molecule has 0 aliphatic heterocycles. The zero-order valence-corrected chi connectivity index (χ0v) is 10.1. The first-order valence-corrected chi connectivity index (χ1v) is 6.66. The van der Waals surface area contributed by atoms with Crippen molar-refractivity contribution in [3.05, 3.63) is 12.3 Å². The number of halogens is 1. The second-order valence-electron chi connectivity index (χ2n) is 2.96. The largest absolute Gasteiger partial charge is 0.266 e. The van der Waals surface area contributed by atoms with E-state index in [1.807, 2.05) is 0 Å². The molecular weight excluding hydrogens is 238 g/mol. The predicted octanol–water partition coefficient (Wildman–Crippen LogP) is 1.05. The van der Waals surface area contributed by atoms with Gasteiger partial charge >= 0.3 is 0 Å². The zero-order valence-electron chi connectivity index (χ0n) is 8.48. The standard InChI is InChI=1S/C8H14ClN3O2S/c1-2-12(7-3-5-9)15(13,14)8-4-6-10-11-8/h4,6H,2-3,5,7H2,1H3,(H,10,11). The Morgan fingerprint density at radius 3 is 2.80 bits per heavy atom. The maximum atomic E-state index is 11.9. The van der Waals surface area contributed by atoms with Crippen molar-refractivity contribution < 1.29 is 8.42 Å². The molecule has 0 aliphatic rings. The van der Waals surface area contributed by atoms with Crippen LogP contribution in [0.1, 0.15) is 13.3 Å². The van der Waals surface area contributed by atoms with Crippen LogP contribution < -0.4 is 0 Å². The third kappa shape index (κ3) is 2.93. The van der Waals surface area contributed by atoms with Crippen molar-refractivity contribution in [2.45, 2.75) is 18.4 Å². The quantitative estimate of drug-likeness (QED) is 0.769. The average Bonchev–Trinajstić information content (AvgIpc) is 2.72. The van der Waals surface area contributed by atoms with Crippen molar-refractivity contribution in [1.29, 1.82) is 0 Å². The van der Waals surface area contributed by atoms with Crippen LogP contribution in [-0.2, 0) is 10.0 Å². The highest BCUT2D eigenvalue weighted by Gasteiger charge is 2.23. The molecule has 1 aromatic heterocycles. The summed E-state index contributed by atoms with van der Waals surface area (Å²) in [6, 6.07) is 1.44. The van der Waals surface area contributed by atoms with Crippen LogP contribution in [0, 0.1) is 0 Å². The van der Waals surface area contributed by atoms with E-state index >= 15 is 0 Å². The lowest BCUT2D eigenvalue weighted by molar-refractivity contribution is 0.425. The van der Waals surface area contributed by atoms with E-state index in [-0.39, 0.29) is 5.03 Å². The van der Waals surface area contributed by atoms with Gasteiger partial charge in [0.1, 0.15) is 0 Å². The molecule has 0 aliphatic carbocycles. The molecule has 1 rings (SSSR count). The van der Waals surface area contributed by atoms with E-state index in [9.17, 15) is 8.42 Å². The topological polar surface area (TPSA) is 66.1 Å². The van der Waals surface area contributed by atoms with Crippen LogP contribution in [-0.4, -0.2) is 41.9 Å². The van der Waals surface area contributed by atoms with Crippen molar-refractivity contribution in [3.8, 4) is 0 Å². The lowest BCUT2D eigenvalue weighted by Crippen LogP contribution is -2.32. The molecule has 1 heterocycles. The molecule has 0 aromatic carbocycles. The summed E-state index contributed by atoms with van der Waals surface area (Å²) in [5.41, 5.74) is 0. The third-order valence-corrected chi connectivity index (χ3v) is 4.16. The summed E-state index contributed by atoms with van der Waals surface area (Å²) in [4.78, 5) is 0. The van der Waals surface area contributed by atoms with Crippen LogP contribution in [0.3, 0.4) is 0 Å². The van der Waals surface area contributed by atoms with Crippen LogP contribution in [0.2, 0.25) is 0 Å². The van der Waals surface area contributed by atoms with Gasteiger partial charge in [-0.05, 0) is 12.5 Å². The maximum absolute atomic E-state index is 11.9. The molecule has 15 heavy (non-hydrogen) atoms. The number of hydrogen-bond acceptors (Lipinski definition) is 3. The smallest absolute Gasteiger partial charge is 0.259 e. The molecule has 0 bridgehead atoms. The number of hydrogen-bond donors (Lipinski definition) is 1. The molecule has 7 heteroatoms. The number of rotatable bonds is 6. The van der Waals surface area contributed by atoms with Crippen molar-refractivity contribution >= 4 is 21.6 Å². The Balaban J connectivity index is 2.83. The minimum absolute atomic E-state index is 0.124. The van der Waals surface area contributed by atoms with Crippen LogP contribution >= 0.6 is 11.6 Å². The molecule has 0 fully saturated rings. The van der Waals surface area contributed by atoms with Crippen LogP contribution in [0.15, 0.2) is 17.3 Å². The number of aromatic amines is 1. The van der Waals surface area contributed by atoms with Crippen molar-refractivity contribution in [1.82, 2.24) is 14.5 Å². The van der Waals surface area contributed by atoms with Crippen molar-refractivity contribution in [3.63, 3.8) is 0 Å². The van der Waals surface area contributed by atoms with Crippen molar-refractivity contribution in [2.24, 2.45) is 0 Å². The molecule has 1 N–H and O–H groups in total. The van der Waals surface area contributed by atoms with Gasteiger partial charge in [0, 0.05) is 19.0 Å². The number of H-pyrrole nitrogens is 1. The van der Waals surface area contributed by atoms with Gasteiger partial charge in [-0.3, -0.25) is 5.10 Å². The van der Waals surface area contributed by atoms with Gasteiger partial charge in [0.25, 0.3) is 10.0 Å². The van der Waals surface area contributed by atoms with Gasteiger partial charge in [-0.1, -0.05) is 6.92 Å². The van der Waals surface area contributed by atoms with E-state index in [1.54, 1.807) is 6.92 Å². The lowest BCUT2D eigenvalue weighted by Gasteiger charge is -2.18. The van der Waals surface area contributed by atoms with Gasteiger partial charge < -0.3 is 0 Å². The fourth-order valence-corrected chi connectivity index (χ4v) is 2.72. The average molecular weight is 252 g/mol. The van der Waals surface area contributed by atoms with E-state index in [4.69, 9.17) is 11.6 Å². The first-order valence-electron chi connectivity index (χ1n) is 4.68. The third-order valence-electron chi connectivity index (χ3n) is 1.99. The summed E-state index contributed by atoms with van der Waals surface area (Å²) in [5, 5.41) is 6.21. The Kier molecular flexibility index (Phi) is 4.56. The SMILES string of the molecule is CCN(CCCCl)S(=O)(=O)c1ccn[nH]1. The second kappa shape index (κ2) is 5.48. The summed E-state index contributed by atoms with van der Waals surface area (Å²) in [7, 11) is -3.42. The summed E-state index contributed by atoms with van der Waals surface area (Å²) in [6.07, 6.45) is 2.06. The highest BCUT2D eigenvalue weighted by atomic mass is 35.5. The monoisotopic (exact) mass is 251 g/mol. The van der Waals surface area contributed by atoms with Gasteiger partial charge in [-0.15, -0.1) is 11.6 Å². The number of nitrogens with one attached hydrogen (secondary N) is 1. The van der Waals surface area contributed by atoms with Gasteiger partial charge in [0.05, 0.1) is 6.20 Å². The summed E-state index contributed by atoms with van der Waals surface area (Å²) >= 11 is 5.54. The zero-order chi connectivity index (χ0) is 11.3. The van der Waals surface area contributed by atoms with E-state index < -0.39 is 10.0 Å². The van der Waals surface area contributed by atoms with Crippen LogP contribution in [0.5, 0.6) is 0 Å². The van der Waals surface area contributed by atoms with E-state index in [2.05, 4.69) is 10.2 Å². The van der Waals surface area contributed by atoms with E-state index in [0.717, 1.165) is 0 Å². The Morgan fingerprint density at radius 2 is 2.33 bits per heavy atom. The molecule has 0 atom stereocenters. The molecule has 0 saturated carbocycles. The van der Waals surface area contributed by atoms with Crippen molar-refractivity contribution in [2.75, 3.05) is 19.0 Å². The van der Waals surface area contributed by atoms with E-state index in [1.165, 1.54) is 16.6 Å². The van der Waals surface area contributed by atoms with Gasteiger partial charge in [-0.2, -0.15) is 9.40 Å². The fraction of sp³-hybridized carbons (Fsp3) is 0.625. The van der Waals surface area contributed by atoms with Gasteiger partial charge in [-0.25, -0.2) is 8.42 Å². The minimum atomic E-state index is -3.42. The summed E-state index contributed by atoms with van der Waals surface area (Å²) in [6.45, 7) is 2.65. The predicted molar refractivity (Wildman–Crippen MR) is 58.4 cm³/mol. The number of sulfonamides is 1. The molecule has 86 valence electrons. The highest BCUT2D eigenvalue weighted by Crippen LogP contribution is 2.12. The Bertz CT molecular complexity index is 377. The molecular formula is C8H14ClN3O2S. The molecule has 0 unspecified atom stereocenters. The Labute approximate surface area is 94.5 Å². The Hall–Kier alpha value is -0.590. The number of alkyl halides is 1. The number of aromatic nitrogens is 2. The molecule has 0 radical (unpaired) electrons. The fourth-order valence-electron chi connectivity index (χ4n) is 1.21. The summed E-state index contributed by atoms with van der Waals surface area (Å²) in [5.74, 6) is 0.453. The van der Waals surface area contributed by atoms with Crippen LogP contribution in [0.4, 0.5) is 0 Å². The molecule has 1 aromatic rings.